The Morgan fingerprint density at radius 2 is 0.984 bits per heavy atom. The lowest BCUT2D eigenvalue weighted by Gasteiger charge is -2.29. The van der Waals surface area contributed by atoms with E-state index in [-0.39, 0.29) is 16.2 Å². The second-order valence-electron chi connectivity index (χ2n) is 19.7. The van der Waals surface area contributed by atoms with E-state index in [1.807, 2.05) is 0 Å². The summed E-state index contributed by atoms with van der Waals surface area (Å²) in [7, 11) is 0. The van der Waals surface area contributed by atoms with Gasteiger partial charge in [0.05, 0.1) is 0 Å². The molecular weight excluding hydrogens is 747 g/mol. The second kappa shape index (κ2) is 13.2. The fraction of sp³-hybridized carbons (Fsp3) is 0.180. The maximum atomic E-state index is 2.47. The van der Waals surface area contributed by atoms with Gasteiger partial charge in [-0.2, -0.15) is 0 Å². The minimum absolute atomic E-state index is 0.0453. The Kier molecular flexibility index (Phi) is 7.87. The SMILES string of the molecule is CC1(C)c2ccccc2-c2cc(N(c3ccc(-c4ccc(-c5c6c(cc7ccccc57)C(C)(C)c5ccccc5-6)cc4)cc3)c3ccc4c(c3)C3=CC=CC[C@H]3C4(C)C)ccc21. The standard InChI is InChI=1S/C61H51N/c1-59(2)51-20-12-9-17-46(51)49-36-43(31-33-54(49)59)62(44-32-34-55-50(37-44)47-18-10-13-21-52(47)60(55,3)4)42-29-27-39(28-30-42)38-23-25-40(26-24-38)57-45-16-8-7-15-41(45)35-56-58(57)48-19-11-14-22-53(48)61(56,5)6/h7-20,22-37,52H,21H2,1-6H3/t52-/m1/s1. The molecule has 1 heteroatoms. The average molecular weight is 798 g/mol. The molecule has 0 heterocycles. The summed E-state index contributed by atoms with van der Waals surface area (Å²) in [5, 5.41) is 2.60. The van der Waals surface area contributed by atoms with Crippen molar-refractivity contribution in [3.63, 3.8) is 0 Å². The van der Waals surface area contributed by atoms with Gasteiger partial charge in [0.15, 0.2) is 0 Å². The minimum atomic E-state index is -0.0650. The smallest absolute Gasteiger partial charge is 0.0468 e. The molecule has 0 amide bonds. The van der Waals surface area contributed by atoms with Crippen molar-refractivity contribution in [1.82, 2.24) is 0 Å². The number of hydrogen-bond donors (Lipinski definition) is 0. The highest BCUT2D eigenvalue weighted by atomic mass is 15.1. The summed E-state index contributed by atoms with van der Waals surface area (Å²) in [5.41, 5.74) is 23.8. The first kappa shape index (κ1) is 37.1. The normalized spacial score (nSPS) is 17.7. The number of hydrogen-bond acceptors (Lipinski definition) is 1. The Morgan fingerprint density at radius 1 is 0.435 bits per heavy atom. The van der Waals surface area contributed by atoms with Crippen molar-refractivity contribution in [3.05, 3.63) is 215 Å². The lowest BCUT2D eigenvalue weighted by atomic mass is 9.75. The van der Waals surface area contributed by atoms with Crippen LogP contribution in [0.15, 0.2) is 182 Å². The first-order chi connectivity index (χ1) is 30.0. The Hall–Kier alpha value is -6.70. The summed E-state index contributed by atoms with van der Waals surface area (Å²) in [5.74, 6) is 0.500. The van der Waals surface area contributed by atoms with Crippen molar-refractivity contribution in [2.24, 2.45) is 5.92 Å². The molecule has 0 bridgehead atoms. The predicted octanol–water partition coefficient (Wildman–Crippen LogP) is 16.5. The van der Waals surface area contributed by atoms with Gasteiger partial charge in [-0.05, 0) is 154 Å². The number of allylic oxidation sites excluding steroid dienone is 4. The van der Waals surface area contributed by atoms with Gasteiger partial charge in [0.2, 0.25) is 0 Å². The highest BCUT2D eigenvalue weighted by Gasteiger charge is 2.43. The largest absolute Gasteiger partial charge is 0.310 e. The number of fused-ring (bicyclic) bond motifs is 10. The molecule has 0 fully saturated rings. The first-order valence-electron chi connectivity index (χ1n) is 22.4. The van der Waals surface area contributed by atoms with Crippen LogP contribution in [-0.4, -0.2) is 0 Å². The first-order valence-corrected chi connectivity index (χ1v) is 22.4. The van der Waals surface area contributed by atoms with Crippen molar-refractivity contribution >= 4 is 33.4 Å². The van der Waals surface area contributed by atoms with Crippen LogP contribution in [-0.2, 0) is 16.2 Å². The van der Waals surface area contributed by atoms with Crippen molar-refractivity contribution in [2.75, 3.05) is 4.90 Å². The van der Waals surface area contributed by atoms with E-state index in [2.05, 4.69) is 228 Å². The van der Waals surface area contributed by atoms with Gasteiger partial charge in [-0.3, -0.25) is 0 Å². The van der Waals surface area contributed by atoms with E-state index in [4.69, 9.17) is 0 Å². The number of nitrogens with zero attached hydrogens (tertiary/aromatic N) is 1. The van der Waals surface area contributed by atoms with E-state index < -0.39 is 0 Å². The van der Waals surface area contributed by atoms with E-state index in [0.29, 0.717) is 5.92 Å². The highest BCUT2D eigenvalue weighted by Crippen LogP contribution is 2.56. The van der Waals surface area contributed by atoms with Crippen LogP contribution in [0.3, 0.4) is 0 Å². The molecule has 1 nitrogen and oxygen atoms in total. The van der Waals surface area contributed by atoms with Crippen LogP contribution in [0.1, 0.15) is 81.3 Å². The van der Waals surface area contributed by atoms with E-state index in [1.165, 1.54) is 106 Å². The van der Waals surface area contributed by atoms with Crippen LogP contribution in [0.25, 0.3) is 60.9 Å². The van der Waals surface area contributed by atoms with Crippen LogP contribution in [0.2, 0.25) is 0 Å². The van der Waals surface area contributed by atoms with Gasteiger partial charge in [0, 0.05) is 27.9 Å². The predicted molar refractivity (Wildman–Crippen MR) is 263 cm³/mol. The summed E-state index contributed by atoms with van der Waals surface area (Å²) >= 11 is 0. The van der Waals surface area contributed by atoms with Gasteiger partial charge in [0.1, 0.15) is 0 Å². The molecule has 1 atom stereocenters. The Labute approximate surface area is 366 Å². The van der Waals surface area contributed by atoms with E-state index >= 15 is 0 Å². The molecule has 8 aromatic rings. The molecule has 300 valence electrons. The van der Waals surface area contributed by atoms with E-state index in [9.17, 15) is 0 Å². The number of anilines is 3. The average Bonchev–Trinajstić information content (AvgIpc) is 3.78. The van der Waals surface area contributed by atoms with E-state index in [0.717, 1.165) is 12.1 Å². The summed E-state index contributed by atoms with van der Waals surface area (Å²) in [6.07, 6.45) is 8.03. The molecule has 8 aromatic carbocycles. The fourth-order valence-corrected chi connectivity index (χ4v) is 12.0. The third-order valence-electron chi connectivity index (χ3n) is 15.3. The summed E-state index contributed by atoms with van der Waals surface area (Å²) in [4.78, 5) is 2.47. The highest BCUT2D eigenvalue weighted by molar-refractivity contribution is 6.08. The summed E-state index contributed by atoms with van der Waals surface area (Å²) < 4.78 is 0. The monoisotopic (exact) mass is 797 g/mol. The lowest BCUT2D eigenvalue weighted by Crippen LogP contribution is -2.23. The van der Waals surface area contributed by atoms with Gasteiger partial charge in [0.25, 0.3) is 0 Å². The van der Waals surface area contributed by atoms with Crippen LogP contribution < -0.4 is 4.90 Å². The van der Waals surface area contributed by atoms with Crippen molar-refractivity contribution in [2.45, 2.75) is 64.2 Å². The van der Waals surface area contributed by atoms with Gasteiger partial charge in [-0.1, -0.05) is 181 Å². The zero-order valence-electron chi connectivity index (χ0n) is 36.6. The summed E-state index contributed by atoms with van der Waals surface area (Å²) in [6, 6.07) is 62.2. The zero-order chi connectivity index (χ0) is 42.1. The van der Waals surface area contributed by atoms with Crippen molar-refractivity contribution in [1.29, 1.82) is 0 Å². The molecule has 4 aliphatic rings. The fourth-order valence-electron chi connectivity index (χ4n) is 12.0. The molecule has 62 heavy (non-hydrogen) atoms. The van der Waals surface area contributed by atoms with Crippen molar-refractivity contribution < 1.29 is 0 Å². The van der Waals surface area contributed by atoms with Crippen LogP contribution in [0, 0.1) is 5.92 Å². The topological polar surface area (TPSA) is 3.24 Å². The van der Waals surface area contributed by atoms with E-state index in [1.54, 1.807) is 0 Å². The van der Waals surface area contributed by atoms with Crippen LogP contribution >= 0.6 is 0 Å². The molecule has 0 aliphatic heterocycles. The molecule has 0 N–H and O–H groups in total. The van der Waals surface area contributed by atoms with Crippen LogP contribution in [0.5, 0.6) is 0 Å². The minimum Gasteiger partial charge on any atom is -0.310 e. The molecule has 0 aromatic heterocycles. The molecule has 12 rings (SSSR count). The summed E-state index contributed by atoms with van der Waals surface area (Å²) in [6.45, 7) is 14.3. The third kappa shape index (κ3) is 5.21. The third-order valence-corrected chi connectivity index (χ3v) is 15.3. The van der Waals surface area contributed by atoms with Gasteiger partial charge >= 0.3 is 0 Å². The molecular formula is C61H51N. The van der Waals surface area contributed by atoms with Crippen molar-refractivity contribution in [3.8, 4) is 44.5 Å². The molecule has 4 aliphatic carbocycles. The van der Waals surface area contributed by atoms with Crippen LogP contribution in [0.4, 0.5) is 17.1 Å². The Morgan fingerprint density at radius 3 is 1.73 bits per heavy atom. The zero-order valence-corrected chi connectivity index (χ0v) is 36.6. The molecule has 0 saturated carbocycles. The maximum absolute atomic E-state index is 2.47. The number of rotatable bonds is 5. The second-order valence-corrected chi connectivity index (χ2v) is 19.7. The Bertz CT molecular complexity index is 3220. The molecule has 0 spiro atoms. The Balaban J connectivity index is 0.956. The quantitative estimate of drug-likeness (QED) is 0.168. The lowest BCUT2D eigenvalue weighted by molar-refractivity contribution is 0.414. The molecule has 0 unspecified atom stereocenters. The molecule has 0 radical (unpaired) electrons. The van der Waals surface area contributed by atoms with Gasteiger partial charge in [-0.25, -0.2) is 0 Å². The van der Waals surface area contributed by atoms with Gasteiger partial charge < -0.3 is 4.90 Å². The molecule has 0 saturated heterocycles. The number of benzene rings is 8. The van der Waals surface area contributed by atoms with Gasteiger partial charge in [-0.15, -0.1) is 0 Å². The maximum Gasteiger partial charge on any atom is 0.0468 e.